The van der Waals surface area contributed by atoms with Crippen molar-refractivity contribution in [2.75, 3.05) is 17.1 Å². The molecule has 1 aromatic rings. The molecule has 0 aliphatic carbocycles. The van der Waals surface area contributed by atoms with Crippen LogP contribution in [0.3, 0.4) is 0 Å². The van der Waals surface area contributed by atoms with Crippen molar-refractivity contribution >= 4 is 33.3 Å². The number of anilines is 1. The number of para-hydroxylation sites is 1. The minimum Gasteiger partial charge on any atom is -0.462 e. The number of hydrogen-bond acceptors (Lipinski definition) is 4. The van der Waals surface area contributed by atoms with Gasteiger partial charge in [-0.2, -0.15) is 0 Å². The van der Waals surface area contributed by atoms with E-state index in [1.807, 2.05) is 0 Å². The number of carbonyl (C=O) groups excluding carboxylic acids is 1. The molecule has 0 fully saturated rings. The van der Waals surface area contributed by atoms with Crippen molar-refractivity contribution in [1.82, 2.24) is 0 Å². The molecule has 0 aliphatic heterocycles. The third kappa shape index (κ3) is 4.72. The maximum absolute atomic E-state index is 11.8. The molecule has 0 saturated heterocycles. The normalized spacial score (nSPS) is 11.4. The molecular formula is C12H16ClNO4S. The SMILES string of the molecule is CC(C)OC(=O)CN(c1ccccc1Cl)S(C)(=O)=O. The van der Waals surface area contributed by atoms with Crippen molar-refractivity contribution in [3.63, 3.8) is 0 Å². The lowest BCUT2D eigenvalue weighted by molar-refractivity contribution is -0.145. The van der Waals surface area contributed by atoms with E-state index in [-0.39, 0.29) is 16.8 Å². The molecule has 0 N–H and O–H groups in total. The molecule has 0 saturated carbocycles. The molecule has 1 rings (SSSR count). The molecule has 0 radical (unpaired) electrons. The lowest BCUT2D eigenvalue weighted by Gasteiger charge is -2.22. The van der Waals surface area contributed by atoms with Crippen LogP contribution in [0.15, 0.2) is 24.3 Å². The lowest BCUT2D eigenvalue weighted by Crippen LogP contribution is -2.36. The fraction of sp³-hybridized carbons (Fsp3) is 0.417. The zero-order valence-corrected chi connectivity index (χ0v) is 12.5. The lowest BCUT2D eigenvalue weighted by atomic mass is 10.3. The standard InChI is InChI=1S/C12H16ClNO4S/c1-9(2)18-12(15)8-14(19(3,16)17)11-7-5-4-6-10(11)13/h4-7,9H,8H2,1-3H3. The van der Waals surface area contributed by atoms with Crippen molar-refractivity contribution in [2.45, 2.75) is 20.0 Å². The summed E-state index contributed by atoms with van der Waals surface area (Å²) in [6.07, 6.45) is 0.707. The molecule has 0 bridgehead atoms. The Morgan fingerprint density at radius 3 is 2.42 bits per heavy atom. The Kier molecular flexibility index (Phi) is 5.20. The molecule has 0 heterocycles. The highest BCUT2D eigenvalue weighted by Crippen LogP contribution is 2.26. The van der Waals surface area contributed by atoms with Gasteiger partial charge in [0.25, 0.3) is 0 Å². The summed E-state index contributed by atoms with van der Waals surface area (Å²) >= 11 is 5.96. The van der Waals surface area contributed by atoms with Crippen LogP contribution in [0.5, 0.6) is 0 Å². The number of sulfonamides is 1. The van der Waals surface area contributed by atoms with Gasteiger partial charge in [-0.05, 0) is 26.0 Å². The van der Waals surface area contributed by atoms with Gasteiger partial charge in [0.15, 0.2) is 0 Å². The molecule has 7 heteroatoms. The van der Waals surface area contributed by atoms with E-state index in [0.717, 1.165) is 10.6 Å². The van der Waals surface area contributed by atoms with Gasteiger partial charge in [0, 0.05) is 0 Å². The number of ether oxygens (including phenoxy) is 1. The summed E-state index contributed by atoms with van der Waals surface area (Å²) in [5, 5.41) is 0.255. The van der Waals surface area contributed by atoms with Crippen LogP contribution in [0.4, 0.5) is 5.69 Å². The van der Waals surface area contributed by atoms with E-state index >= 15 is 0 Å². The largest absolute Gasteiger partial charge is 0.462 e. The third-order valence-electron chi connectivity index (χ3n) is 2.16. The molecule has 0 aromatic heterocycles. The predicted octanol–water partition coefficient (Wildman–Crippen LogP) is 2.06. The van der Waals surface area contributed by atoms with E-state index in [9.17, 15) is 13.2 Å². The second-order valence-corrected chi connectivity index (χ2v) is 6.57. The summed E-state index contributed by atoms with van der Waals surface area (Å²) in [5.74, 6) is -0.625. The Balaban J connectivity index is 3.05. The van der Waals surface area contributed by atoms with Gasteiger partial charge >= 0.3 is 5.97 Å². The molecule has 0 spiro atoms. The van der Waals surface area contributed by atoms with Crippen LogP contribution in [-0.4, -0.2) is 33.3 Å². The van der Waals surface area contributed by atoms with E-state index < -0.39 is 22.5 Å². The molecule has 106 valence electrons. The Morgan fingerprint density at radius 2 is 1.95 bits per heavy atom. The fourth-order valence-electron chi connectivity index (χ4n) is 1.45. The van der Waals surface area contributed by atoms with Crippen LogP contribution in [-0.2, 0) is 19.6 Å². The summed E-state index contributed by atoms with van der Waals surface area (Å²) < 4.78 is 29.4. The molecule has 0 unspecified atom stereocenters. The van der Waals surface area contributed by atoms with Crippen molar-refractivity contribution in [3.8, 4) is 0 Å². The van der Waals surface area contributed by atoms with E-state index in [4.69, 9.17) is 16.3 Å². The number of rotatable bonds is 5. The van der Waals surface area contributed by atoms with E-state index in [1.54, 1.807) is 32.0 Å². The van der Waals surface area contributed by atoms with Gasteiger partial charge in [-0.25, -0.2) is 8.42 Å². The van der Waals surface area contributed by atoms with Crippen LogP contribution in [0.25, 0.3) is 0 Å². The van der Waals surface area contributed by atoms with Gasteiger partial charge in [0.05, 0.1) is 23.1 Å². The molecule has 1 aromatic carbocycles. The number of halogens is 1. The average Bonchev–Trinajstić information content (AvgIpc) is 2.24. The maximum Gasteiger partial charge on any atom is 0.327 e. The van der Waals surface area contributed by atoms with Crippen molar-refractivity contribution in [2.24, 2.45) is 0 Å². The average molecular weight is 306 g/mol. The first-order valence-corrected chi connectivity index (χ1v) is 7.86. The molecule has 0 aliphatic rings. The summed E-state index contributed by atoms with van der Waals surface area (Å²) in [6, 6.07) is 6.42. The minimum atomic E-state index is -3.62. The number of nitrogens with zero attached hydrogens (tertiary/aromatic N) is 1. The summed E-state index contributed by atoms with van der Waals surface area (Å²) in [7, 11) is -3.62. The third-order valence-corrected chi connectivity index (χ3v) is 3.61. The Bertz CT molecular complexity index is 557. The van der Waals surface area contributed by atoms with Gasteiger partial charge < -0.3 is 4.74 Å². The number of esters is 1. The maximum atomic E-state index is 11.8. The first kappa shape index (κ1) is 15.8. The van der Waals surface area contributed by atoms with Gasteiger partial charge in [-0.1, -0.05) is 23.7 Å². The fourth-order valence-corrected chi connectivity index (χ4v) is 2.60. The quantitative estimate of drug-likeness (QED) is 0.781. The smallest absolute Gasteiger partial charge is 0.327 e. The van der Waals surface area contributed by atoms with E-state index in [2.05, 4.69) is 0 Å². The monoisotopic (exact) mass is 305 g/mol. The topological polar surface area (TPSA) is 63.7 Å². The molecule has 0 atom stereocenters. The first-order chi connectivity index (χ1) is 8.71. The van der Waals surface area contributed by atoms with Gasteiger partial charge in [-0.15, -0.1) is 0 Å². The Hall–Kier alpha value is -1.27. The van der Waals surface area contributed by atoms with Crippen molar-refractivity contribution < 1.29 is 17.9 Å². The highest BCUT2D eigenvalue weighted by molar-refractivity contribution is 7.92. The predicted molar refractivity (Wildman–Crippen MR) is 74.9 cm³/mol. The number of hydrogen-bond donors (Lipinski definition) is 0. The summed E-state index contributed by atoms with van der Waals surface area (Å²) in [4.78, 5) is 11.6. The summed E-state index contributed by atoms with van der Waals surface area (Å²) in [6.45, 7) is 2.98. The molecule has 5 nitrogen and oxygen atoms in total. The van der Waals surface area contributed by atoms with Crippen LogP contribution in [0.1, 0.15) is 13.8 Å². The van der Waals surface area contributed by atoms with Crippen molar-refractivity contribution in [1.29, 1.82) is 0 Å². The Labute approximate surface area is 118 Å². The van der Waals surface area contributed by atoms with E-state index in [0.29, 0.717) is 0 Å². The van der Waals surface area contributed by atoms with Crippen LogP contribution < -0.4 is 4.31 Å². The van der Waals surface area contributed by atoms with Crippen LogP contribution in [0.2, 0.25) is 5.02 Å². The van der Waals surface area contributed by atoms with E-state index in [1.165, 1.54) is 6.07 Å². The van der Waals surface area contributed by atoms with Gasteiger partial charge in [-0.3, -0.25) is 9.10 Å². The van der Waals surface area contributed by atoms with Gasteiger partial charge in [0.1, 0.15) is 6.54 Å². The Morgan fingerprint density at radius 1 is 1.37 bits per heavy atom. The molecule has 0 amide bonds. The van der Waals surface area contributed by atoms with Gasteiger partial charge in [0.2, 0.25) is 10.0 Å². The second-order valence-electron chi connectivity index (χ2n) is 4.26. The molecular weight excluding hydrogens is 290 g/mol. The number of carbonyl (C=O) groups is 1. The molecule has 19 heavy (non-hydrogen) atoms. The van der Waals surface area contributed by atoms with Crippen LogP contribution >= 0.6 is 11.6 Å². The second kappa shape index (κ2) is 6.25. The first-order valence-electron chi connectivity index (χ1n) is 5.63. The van der Waals surface area contributed by atoms with Crippen molar-refractivity contribution in [3.05, 3.63) is 29.3 Å². The highest BCUT2D eigenvalue weighted by Gasteiger charge is 2.23. The zero-order valence-electron chi connectivity index (χ0n) is 11.0. The zero-order chi connectivity index (χ0) is 14.6. The van der Waals surface area contributed by atoms with Crippen LogP contribution in [0, 0.1) is 0 Å². The number of benzene rings is 1. The minimum absolute atomic E-state index is 0.255. The highest BCUT2D eigenvalue weighted by atomic mass is 35.5. The summed E-state index contributed by atoms with van der Waals surface area (Å²) in [5.41, 5.74) is 0.257.